The minimum Gasteiger partial charge on any atom is -0.457 e. The summed E-state index contributed by atoms with van der Waals surface area (Å²) in [7, 11) is 4.21. The summed E-state index contributed by atoms with van der Waals surface area (Å²) in [5.74, 6) is -3.50. The number of carbonyl (C=O) groups is 5. The highest BCUT2D eigenvalue weighted by atomic mass is 35.5. The molecule has 2 saturated heterocycles. The van der Waals surface area contributed by atoms with Crippen molar-refractivity contribution in [1.29, 1.82) is 0 Å². The lowest BCUT2D eigenvalue weighted by molar-refractivity contribution is -0.158. The standard InChI is InChI=1S/C39H46ClFN4O10/c1-20-9-8-10-30(52-7)39(51)18-29(53-37(50)43-39)21(2)34-38(4,55-34)31(17-32(47)45(6)28-13-23(11-20)12-25(19-46)33(28)40)54-36(49)22(3)44(5)35(48)24-14-26(41)16-27(42)15-24/h8-10,12-16,19,21-22,29-31,34,51H,11,17-18,42H2,1-7H3,(H,43,50)/b10-8+,20-9+/t21-,22+,29+,30-,31+,34+,38+,39+/m1/s1. The smallest absolute Gasteiger partial charge is 0.409 e. The number of rotatable bonds is 6. The highest BCUT2D eigenvalue weighted by Gasteiger charge is 2.64. The van der Waals surface area contributed by atoms with Crippen LogP contribution in [0.1, 0.15) is 66.8 Å². The molecular weight excluding hydrogens is 739 g/mol. The third-order valence-electron chi connectivity index (χ3n) is 10.6. The first-order chi connectivity index (χ1) is 25.8. The molecule has 2 fully saturated rings. The predicted molar refractivity (Wildman–Crippen MR) is 200 cm³/mol. The van der Waals surface area contributed by atoms with Crippen LogP contribution >= 0.6 is 11.6 Å². The second kappa shape index (κ2) is 16.1. The van der Waals surface area contributed by atoms with E-state index in [-0.39, 0.29) is 33.9 Å². The first-order valence-corrected chi connectivity index (χ1v) is 18.0. The lowest BCUT2D eigenvalue weighted by atomic mass is 9.83. The van der Waals surface area contributed by atoms with Gasteiger partial charge in [-0.3, -0.25) is 19.7 Å². The van der Waals surface area contributed by atoms with Crippen molar-refractivity contribution in [2.24, 2.45) is 5.92 Å². The summed E-state index contributed by atoms with van der Waals surface area (Å²) in [6.45, 7) is 6.64. The maximum absolute atomic E-state index is 14.1. The first kappa shape index (κ1) is 41.3. The van der Waals surface area contributed by atoms with Crippen LogP contribution in [0.4, 0.5) is 20.6 Å². The second-order valence-corrected chi connectivity index (χ2v) is 15.0. The summed E-state index contributed by atoms with van der Waals surface area (Å²) in [4.78, 5) is 68.5. The van der Waals surface area contributed by atoms with Crippen molar-refractivity contribution in [2.45, 2.75) is 88.7 Å². The molecule has 16 heteroatoms. The molecule has 296 valence electrons. The Morgan fingerprint density at radius 1 is 1.24 bits per heavy atom. The quantitative estimate of drug-likeness (QED) is 0.163. The number of ether oxygens (including phenoxy) is 4. The molecule has 14 nitrogen and oxygen atoms in total. The van der Waals surface area contributed by atoms with Crippen LogP contribution in [0.25, 0.3) is 0 Å². The Morgan fingerprint density at radius 2 is 1.95 bits per heavy atom. The van der Waals surface area contributed by atoms with Crippen LogP contribution in [0.5, 0.6) is 0 Å². The van der Waals surface area contributed by atoms with Crippen molar-refractivity contribution in [1.82, 2.24) is 10.2 Å². The fourth-order valence-corrected chi connectivity index (χ4v) is 7.39. The number of benzene rings is 2. The number of methoxy groups -OCH3 is 1. The van der Waals surface area contributed by atoms with E-state index in [1.54, 1.807) is 44.2 Å². The number of nitrogens with two attached hydrogens (primary N) is 1. The Labute approximate surface area is 323 Å². The van der Waals surface area contributed by atoms with Crippen LogP contribution in [0.2, 0.25) is 5.02 Å². The summed E-state index contributed by atoms with van der Waals surface area (Å²) in [5, 5.41) is 14.2. The summed E-state index contributed by atoms with van der Waals surface area (Å²) in [5.41, 5.74) is 4.35. The Balaban J connectivity index is 1.53. The van der Waals surface area contributed by atoms with E-state index in [0.717, 1.165) is 22.6 Å². The zero-order valence-corrected chi connectivity index (χ0v) is 32.4. The molecule has 0 unspecified atom stereocenters. The first-order valence-electron chi connectivity index (χ1n) is 17.7. The maximum atomic E-state index is 14.1. The molecule has 8 atom stereocenters. The van der Waals surface area contributed by atoms with E-state index >= 15 is 0 Å². The number of nitrogens with one attached hydrogen (secondary N) is 1. The van der Waals surface area contributed by atoms with Gasteiger partial charge < -0.3 is 39.6 Å². The number of aldehydes is 1. The maximum Gasteiger partial charge on any atom is 0.409 e. The predicted octanol–water partition coefficient (Wildman–Crippen LogP) is 4.35. The fraction of sp³-hybridized carbons (Fsp3) is 0.462. The van der Waals surface area contributed by atoms with Gasteiger partial charge in [0.25, 0.3) is 5.91 Å². The van der Waals surface area contributed by atoms with Gasteiger partial charge in [-0.25, -0.2) is 14.0 Å². The van der Waals surface area contributed by atoms with Crippen molar-refractivity contribution < 1.29 is 52.4 Å². The van der Waals surface area contributed by atoms with Crippen molar-refractivity contribution in [2.75, 3.05) is 31.8 Å². The normalized spacial score (nSPS) is 30.4. The Bertz CT molecular complexity index is 1920. The van der Waals surface area contributed by atoms with Crippen molar-refractivity contribution in [3.05, 3.63) is 81.7 Å². The van der Waals surface area contributed by atoms with E-state index in [9.17, 15) is 33.5 Å². The van der Waals surface area contributed by atoms with Crippen LogP contribution in [-0.2, 0) is 35.0 Å². The molecule has 4 bridgehead atoms. The zero-order valence-electron chi connectivity index (χ0n) is 31.6. The van der Waals surface area contributed by atoms with Gasteiger partial charge in [0.15, 0.2) is 12.0 Å². The third-order valence-corrected chi connectivity index (χ3v) is 11.0. The number of nitrogen functional groups attached to an aromatic ring is 1. The Hall–Kier alpha value is -4.83. The SMILES string of the molecule is CO[C@@H]1/C=C/C=C(\C)Cc2cc(C=O)c(Cl)c(c2)N(C)C(=O)C[C@H](OC(=O)[C@H](C)N(C)C(=O)c2cc(N)cc(F)c2)[C@]2(C)O[C@H]2[C@H](C)[C@@H]2C[C@@]1(O)NC(=O)O2. The van der Waals surface area contributed by atoms with Crippen LogP contribution < -0.4 is 16.0 Å². The van der Waals surface area contributed by atoms with Gasteiger partial charge >= 0.3 is 12.1 Å². The second-order valence-electron chi connectivity index (χ2n) is 14.6. The summed E-state index contributed by atoms with van der Waals surface area (Å²) in [6, 6.07) is 5.40. The van der Waals surface area contributed by atoms with Crippen LogP contribution in [0.15, 0.2) is 54.1 Å². The molecule has 0 spiro atoms. The molecular formula is C39H46ClFN4O10. The topological polar surface area (TPSA) is 190 Å². The zero-order chi connectivity index (χ0) is 40.6. The van der Waals surface area contributed by atoms with Gasteiger partial charge in [-0.15, -0.1) is 0 Å². The highest BCUT2D eigenvalue weighted by molar-refractivity contribution is 6.36. The van der Waals surface area contributed by atoms with E-state index in [0.29, 0.717) is 18.3 Å². The number of halogens is 2. The average Bonchev–Trinajstić information content (AvgIpc) is 3.82. The van der Waals surface area contributed by atoms with Gasteiger partial charge in [0.2, 0.25) is 5.91 Å². The lowest BCUT2D eigenvalue weighted by Crippen LogP contribution is -2.63. The largest absolute Gasteiger partial charge is 0.457 e. The number of carbonyl (C=O) groups excluding carboxylic acids is 5. The molecule has 2 aromatic rings. The van der Waals surface area contributed by atoms with Gasteiger partial charge in [-0.1, -0.05) is 42.3 Å². The number of epoxide rings is 1. The number of allylic oxidation sites excluding steroid dienone is 3. The van der Waals surface area contributed by atoms with E-state index in [1.807, 2.05) is 6.92 Å². The van der Waals surface area contributed by atoms with Crippen molar-refractivity contribution >= 4 is 53.1 Å². The number of hydrogen-bond donors (Lipinski definition) is 3. The van der Waals surface area contributed by atoms with Gasteiger partial charge in [0.1, 0.15) is 35.8 Å². The fourth-order valence-electron chi connectivity index (χ4n) is 7.11. The number of likely N-dealkylation sites (N-methyl/N-ethyl adjacent to an activating group) is 1. The number of fused-ring (bicyclic) bond motifs is 5. The Kier molecular flexibility index (Phi) is 12.1. The lowest BCUT2D eigenvalue weighted by Gasteiger charge is -2.42. The van der Waals surface area contributed by atoms with E-state index in [2.05, 4.69) is 5.32 Å². The molecule has 2 aromatic carbocycles. The number of anilines is 2. The summed E-state index contributed by atoms with van der Waals surface area (Å²) in [6.07, 6.45) is 0.641. The number of hydrogen-bond acceptors (Lipinski definition) is 11. The summed E-state index contributed by atoms with van der Waals surface area (Å²) < 4.78 is 37.5. The highest BCUT2D eigenvalue weighted by Crippen LogP contribution is 2.49. The monoisotopic (exact) mass is 784 g/mol. The van der Waals surface area contributed by atoms with Gasteiger partial charge in [-0.05, 0) is 63.1 Å². The van der Waals surface area contributed by atoms with Gasteiger partial charge in [0.05, 0.1) is 23.2 Å². The van der Waals surface area contributed by atoms with Crippen molar-refractivity contribution in [3.8, 4) is 0 Å². The summed E-state index contributed by atoms with van der Waals surface area (Å²) >= 11 is 6.64. The number of aliphatic hydroxyl groups is 1. The number of amides is 3. The van der Waals surface area contributed by atoms with Gasteiger partial charge in [-0.2, -0.15) is 0 Å². The van der Waals surface area contributed by atoms with Crippen molar-refractivity contribution in [3.63, 3.8) is 0 Å². The van der Waals surface area contributed by atoms with E-state index in [4.69, 9.17) is 36.3 Å². The molecule has 3 aliphatic heterocycles. The molecule has 3 amide bonds. The molecule has 0 aliphatic carbocycles. The Morgan fingerprint density at radius 3 is 2.60 bits per heavy atom. The molecule has 3 heterocycles. The van der Waals surface area contributed by atoms with Crippen LogP contribution in [0, 0.1) is 11.7 Å². The molecule has 3 aliphatic rings. The molecule has 5 rings (SSSR count). The molecule has 0 aromatic heterocycles. The van der Waals surface area contributed by atoms with Gasteiger partial charge in [0, 0.05) is 50.4 Å². The number of esters is 1. The van der Waals surface area contributed by atoms with E-state index in [1.165, 1.54) is 39.1 Å². The average molecular weight is 785 g/mol. The molecule has 0 radical (unpaired) electrons. The minimum atomic E-state index is -1.89. The van der Waals surface area contributed by atoms with Crippen LogP contribution in [-0.4, -0.2) is 103 Å². The molecule has 4 N–H and O–H groups in total. The van der Waals surface area contributed by atoms with E-state index < -0.39 is 83.8 Å². The third kappa shape index (κ3) is 8.70. The number of alkyl carbamates (subject to hydrolysis) is 1. The van der Waals surface area contributed by atoms with Crippen LogP contribution in [0.3, 0.4) is 0 Å². The minimum absolute atomic E-state index is 0.0194. The molecule has 55 heavy (non-hydrogen) atoms. The number of nitrogens with zero attached hydrogens (tertiary/aromatic N) is 2. The molecule has 0 saturated carbocycles.